The Kier molecular flexibility index (Phi) is 5.13. The van der Waals surface area contributed by atoms with E-state index in [0.717, 1.165) is 25.1 Å². The molecule has 6 heteroatoms. The van der Waals surface area contributed by atoms with Crippen LogP contribution in [0.4, 0.5) is 4.79 Å². The Morgan fingerprint density at radius 2 is 2.04 bits per heavy atom. The standard InChI is InChI=1S/C18H30N4O2/c1-18(2,3)24-17(23)21-15-9-12-5-4-6-13(10-15)16(12)19-11-14-7-8-20-22-14/h7-8,12-13,15-16,19H,4-6,9-11H2,1-3H3,(H,20,22)(H,21,23). The maximum Gasteiger partial charge on any atom is 0.407 e. The summed E-state index contributed by atoms with van der Waals surface area (Å²) in [6, 6.07) is 2.79. The molecule has 0 saturated heterocycles. The van der Waals surface area contributed by atoms with Crippen molar-refractivity contribution in [3.8, 4) is 0 Å². The number of hydrogen-bond donors (Lipinski definition) is 3. The fourth-order valence-electron chi connectivity index (χ4n) is 4.28. The summed E-state index contributed by atoms with van der Waals surface area (Å²) in [5.41, 5.74) is 0.685. The van der Waals surface area contributed by atoms with E-state index in [2.05, 4.69) is 20.8 Å². The van der Waals surface area contributed by atoms with Crippen molar-refractivity contribution in [3.05, 3.63) is 18.0 Å². The van der Waals surface area contributed by atoms with E-state index in [-0.39, 0.29) is 12.1 Å². The van der Waals surface area contributed by atoms with Gasteiger partial charge in [-0.05, 0) is 64.4 Å². The van der Waals surface area contributed by atoms with Gasteiger partial charge in [-0.3, -0.25) is 5.10 Å². The van der Waals surface area contributed by atoms with Crippen LogP contribution in [0.2, 0.25) is 0 Å². The molecule has 2 fully saturated rings. The van der Waals surface area contributed by atoms with Gasteiger partial charge in [0.15, 0.2) is 0 Å². The zero-order valence-electron chi connectivity index (χ0n) is 15.0. The van der Waals surface area contributed by atoms with Crippen molar-refractivity contribution in [2.24, 2.45) is 11.8 Å². The Bertz CT molecular complexity index is 524. The van der Waals surface area contributed by atoms with Gasteiger partial charge in [0.1, 0.15) is 5.60 Å². The van der Waals surface area contributed by atoms with E-state index in [1.165, 1.54) is 19.3 Å². The Morgan fingerprint density at radius 1 is 1.33 bits per heavy atom. The Hall–Kier alpha value is -1.56. The third kappa shape index (κ3) is 4.50. The monoisotopic (exact) mass is 334 g/mol. The number of hydrogen-bond acceptors (Lipinski definition) is 4. The molecule has 2 aliphatic carbocycles. The van der Waals surface area contributed by atoms with Gasteiger partial charge in [-0.25, -0.2) is 4.79 Å². The number of aromatic amines is 1. The van der Waals surface area contributed by atoms with Crippen LogP contribution in [0.25, 0.3) is 0 Å². The molecule has 0 aliphatic heterocycles. The summed E-state index contributed by atoms with van der Waals surface area (Å²) in [6.07, 6.45) is 7.37. The zero-order valence-corrected chi connectivity index (χ0v) is 15.0. The molecule has 1 aromatic heterocycles. The first-order valence-corrected chi connectivity index (χ1v) is 9.12. The molecule has 2 aliphatic rings. The van der Waals surface area contributed by atoms with E-state index in [1.807, 2.05) is 26.8 Å². The molecule has 2 bridgehead atoms. The molecule has 2 saturated carbocycles. The van der Waals surface area contributed by atoms with Crippen molar-refractivity contribution in [3.63, 3.8) is 0 Å². The van der Waals surface area contributed by atoms with Gasteiger partial charge < -0.3 is 15.4 Å². The van der Waals surface area contributed by atoms with E-state index in [1.54, 1.807) is 6.20 Å². The quantitative estimate of drug-likeness (QED) is 0.791. The number of carbonyl (C=O) groups is 1. The van der Waals surface area contributed by atoms with Crippen LogP contribution in [0, 0.1) is 11.8 Å². The second-order valence-electron chi connectivity index (χ2n) is 8.25. The zero-order chi connectivity index (χ0) is 17.2. The van der Waals surface area contributed by atoms with Crippen LogP contribution >= 0.6 is 0 Å². The number of ether oxygens (including phenoxy) is 1. The summed E-state index contributed by atoms with van der Waals surface area (Å²) in [4.78, 5) is 12.0. The van der Waals surface area contributed by atoms with E-state index in [0.29, 0.717) is 17.9 Å². The Morgan fingerprint density at radius 3 is 2.62 bits per heavy atom. The Labute approximate surface area is 144 Å². The fourth-order valence-corrected chi connectivity index (χ4v) is 4.28. The Balaban J connectivity index is 1.54. The van der Waals surface area contributed by atoms with Crippen LogP contribution in [0.3, 0.4) is 0 Å². The van der Waals surface area contributed by atoms with Crippen molar-refractivity contribution < 1.29 is 9.53 Å². The van der Waals surface area contributed by atoms with Gasteiger partial charge in [0.2, 0.25) is 0 Å². The third-order valence-electron chi connectivity index (χ3n) is 5.15. The van der Waals surface area contributed by atoms with Crippen LogP contribution < -0.4 is 10.6 Å². The summed E-state index contributed by atoms with van der Waals surface area (Å²) in [5, 5.41) is 13.8. The lowest BCUT2D eigenvalue weighted by Crippen LogP contribution is -2.54. The van der Waals surface area contributed by atoms with Crippen molar-refractivity contribution in [2.45, 2.75) is 77.1 Å². The molecule has 1 aromatic rings. The van der Waals surface area contributed by atoms with Crippen LogP contribution in [0.15, 0.2) is 12.3 Å². The highest BCUT2D eigenvalue weighted by Crippen LogP contribution is 2.40. The fraction of sp³-hybridized carbons (Fsp3) is 0.778. The number of amides is 1. The van der Waals surface area contributed by atoms with Gasteiger partial charge in [-0.2, -0.15) is 5.10 Å². The van der Waals surface area contributed by atoms with Gasteiger partial charge in [-0.1, -0.05) is 6.42 Å². The molecular formula is C18H30N4O2. The number of nitrogens with zero attached hydrogens (tertiary/aromatic N) is 1. The van der Waals surface area contributed by atoms with Gasteiger partial charge in [-0.15, -0.1) is 0 Å². The van der Waals surface area contributed by atoms with Crippen molar-refractivity contribution >= 4 is 6.09 Å². The highest BCUT2D eigenvalue weighted by Gasteiger charge is 2.40. The minimum absolute atomic E-state index is 0.236. The summed E-state index contributed by atoms with van der Waals surface area (Å²) in [5.74, 6) is 1.25. The number of alkyl carbamates (subject to hydrolysis) is 1. The van der Waals surface area contributed by atoms with E-state index >= 15 is 0 Å². The van der Waals surface area contributed by atoms with Crippen molar-refractivity contribution in [1.82, 2.24) is 20.8 Å². The summed E-state index contributed by atoms with van der Waals surface area (Å²) >= 11 is 0. The number of aromatic nitrogens is 2. The van der Waals surface area contributed by atoms with Crippen molar-refractivity contribution in [2.75, 3.05) is 0 Å². The van der Waals surface area contributed by atoms with Gasteiger partial charge >= 0.3 is 6.09 Å². The highest BCUT2D eigenvalue weighted by molar-refractivity contribution is 5.68. The molecule has 0 radical (unpaired) electrons. The topological polar surface area (TPSA) is 79.0 Å². The molecule has 0 spiro atoms. The highest BCUT2D eigenvalue weighted by atomic mass is 16.6. The predicted molar refractivity (Wildman–Crippen MR) is 92.4 cm³/mol. The molecule has 24 heavy (non-hydrogen) atoms. The molecule has 3 rings (SSSR count). The average molecular weight is 334 g/mol. The minimum atomic E-state index is -0.442. The lowest BCUT2D eigenvalue weighted by atomic mass is 9.66. The van der Waals surface area contributed by atoms with Crippen molar-refractivity contribution in [1.29, 1.82) is 0 Å². The first-order valence-electron chi connectivity index (χ1n) is 9.12. The molecule has 1 heterocycles. The molecular weight excluding hydrogens is 304 g/mol. The second kappa shape index (κ2) is 7.13. The summed E-state index contributed by atoms with van der Waals surface area (Å²) < 4.78 is 5.41. The number of H-pyrrole nitrogens is 1. The maximum absolute atomic E-state index is 12.0. The molecule has 6 nitrogen and oxygen atoms in total. The van der Waals surface area contributed by atoms with Crippen LogP contribution in [0.1, 0.15) is 58.6 Å². The third-order valence-corrected chi connectivity index (χ3v) is 5.15. The minimum Gasteiger partial charge on any atom is -0.444 e. The molecule has 3 N–H and O–H groups in total. The molecule has 0 aromatic carbocycles. The number of fused-ring (bicyclic) bond motifs is 2. The number of nitrogens with one attached hydrogen (secondary N) is 3. The lowest BCUT2D eigenvalue weighted by molar-refractivity contribution is 0.0412. The van der Waals surface area contributed by atoms with E-state index < -0.39 is 5.60 Å². The molecule has 2 atom stereocenters. The molecule has 134 valence electrons. The molecule has 2 unspecified atom stereocenters. The van der Waals surface area contributed by atoms with E-state index in [4.69, 9.17) is 4.74 Å². The van der Waals surface area contributed by atoms with Gasteiger partial charge in [0, 0.05) is 30.5 Å². The maximum atomic E-state index is 12.0. The summed E-state index contributed by atoms with van der Waals surface area (Å²) in [7, 11) is 0. The van der Waals surface area contributed by atoms with Crippen LogP contribution in [-0.2, 0) is 11.3 Å². The van der Waals surface area contributed by atoms with Gasteiger partial charge in [0.05, 0.1) is 0 Å². The van der Waals surface area contributed by atoms with Gasteiger partial charge in [0.25, 0.3) is 0 Å². The second-order valence-corrected chi connectivity index (χ2v) is 8.25. The lowest BCUT2D eigenvalue weighted by Gasteiger charge is -2.46. The number of rotatable bonds is 4. The molecule has 1 amide bonds. The number of carbonyl (C=O) groups excluding carboxylic acids is 1. The smallest absolute Gasteiger partial charge is 0.407 e. The van der Waals surface area contributed by atoms with Crippen LogP contribution in [0.5, 0.6) is 0 Å². The normalized spacial score (nSPS) is 30.0. The SMILES string of the molecule is CC(C)(C)OC(=O)NC1CC2CCCC(C1)C2NCc1ccn[nH]1. The summed E-state index contributed by atoms with van der Waals surface area (Å²) in [6.45, 7) is 6.54. The predicted octanol–water partition coefficient (Wildman–Crippen LogP) is 2.97. The average Bonchev–Trinajstić information content (AvgIpc) is 2.96. The first-order chi connectivity index (χ1) is 11.4. The largest absolute Gasteiger partial charge is 0.444 e. The van der Waals surface area contributed by atoms with Crippen LogP contribution in [-0.4, -0.2) is 34.0 Å². The van der Waals surface area contributed by atoms with E-state index in [9.17, 15) is 4.79 Å². The first kappa shape index (κ1) is 17.3.